The summed E-state index contributed by atoms with van der Waals surface area (Å²) in [4.78, 5) is 0. The van der Waals surface area contributed by atoms with Gasteiger partial charge in [0.05, 0.1) is 5.56 Å². The van der Waals surface area contributed by atoms with Crippen molar-refractivity contribution in [1.82, 2.24) is 0 Å². The molecule has 4 heteroatoms. The Bertz CT molecular complexity index is 318. The van der Waals surface area contributed by atoms with Crippen LogP contribution in [0, 0.1) is 0 Å². The summed E-state index contributed by atoms with van der Waals surface area (Å²) >= 11 is 0. The quantitative estimate of drug-likeness (QED) is 0.783. The number of rotatable bonds is 2. The van der Waals surface area contributed by atoms with Crippen LogP contribution in [0.4, 0.5) is 13.2 Å². The highest BCUT2D eigenvalue weighted by atomic mass is 19.4. The molecular weight excluding hydrogens is 193 g/mol. The Hall–Kier alpha value is -1.19. The summed E-state index contributed by atoms with van der Waals surface area (Å²) < 4.78 is 37.3. The van der Waals surface area contributed by atoms with Crippen molar-refractivity contribution in [3.05, 3.63) is 29.3 Å². The number of phenolic OH excluding ortho intramolecular Hbond substituents is 1. The lowest BCUT2D eigenvalue weighted by Gasteiger charge is -2.13. The molecule has 0 saturated heterocycles. The first-order valence-electron chi connectivity index (χ1n) is 4.35. The topological polar surface area (TPSA) is 20.2 Å². The maximum Gasteiger partial charge on any atom is 0.416 e. The van der Waals surface area contributed by atoms with Crippen molar-refractivity contribution in [3.63, 3.8) is 0 Å². The SMILES string of the molecule is CCCc1c(O)cccc1C(F)(F)F. The standard InChI is InChI=1S/C10H11F3O/c1-2-4-7-8(10(11,12)13)5-3-6-9(7)14/h3,5-6,14H,2,4H2,1H3. The Morgan fingerprint density at radius 3 is 2.43 bits per heavy atom. The van der Waals surface area contributed by atoms with Crippen molar-refractivity contribution < 1.29 is 18.3 Å². The third-order valence-corrected chi connectivity index (χ3v) is 1.96. The van der Waals surface area contributed by atoms with E-state index in [9.17, 15) is 18.3 Å². The van der Waals surface area contributed by atoms with Gasteiger partial charge in [0.15, 0.2) is 0 Å². The molecule has 1 aromatic rings. The second-order valence-electron chi connectivity index (χ2n) is 3.05. The van der Waals surface area contributed by atoms with Crippen LogP contribution < -0.4 is 0 Å². The van der Waals surface area contributed by atoms with Crippen molar-refractivity contribution in [1.29, 1.82) is 0 Å². The van der Waals surface area contributed by atoms with Crippen molar-refractivity contribution in [2.24, 2.45) is 0 Å². The second kappa shape index (κ2) is 3.90. The van der Waals surface area contributed by atoms with Gasteiger partial charge in [0, 0.05) is 5.56 Å². The molecule has 0 fully saturated rings. The van der Waals surface area contributed by atoms with Crippen molar-refractivity contribution in [2.45, 2.75) is 25.9 Å². The molecule has 0 atom stereocenters. The van der Waals surface area contributed by atoms with Crippen LogP contribution in [-0.2, 0) is 12.6 Å². The first-order chi connectivity index (χ1) is 6.46. The summed E-state index contributed by atoms with van der Waals surface area (Å²) in [5.74, 6) is -0.276. The average Bonchev–Trinajstić information content (AvgIpc) is 2.07. The molecule has 1 rings (SSSR count). The molecule has 1 nitrogen and oxygen atoms in total. The summed E-state index contributed by atoms with van der Waals surface area (Å²) in [7, 11) is 0. The highest BCUT2D eigenvalue weighted by Crippen LogP contribution is 2.35. The van der Waals surface area contributed by atoms with Crippen molar-refractivity contribution in [2.75, 3.05) is 0 Å². The van der Waals surface area contributed by atoms with Gasteiger partial charge in [0.2, 0.25) is 0 Å². The molecule has 0 heterocycles. The summed E-state index contributed by atoms with van der Waals surface area (Å²) in [5, 5.41) is 9.29. The van der Waals surface area contributed by atoms with Gasteiger partial charge in [-0.05, 0) is 18.6 Å². The normalized spacial score (nSPS) is 11.7. The van der Waals surface area contributed by atoms with Crippen LogP contribution in [0.2, 0.25) is 0 Å². The molecule has 0 unspecified atom stereocenters. The largest absolute Gasteiger partial charge is 0.508 e. The number of hydrogen-bond acceptors (Lipinski definition) is 1. The van der Waals surface area contributed by atoms with E-state index in [0.29, 0.717) is 6.42 Å². The Morgan fingerprint density at radius 2 is 1.93 bits per heavy atom. The predicted octanol–water partition coefficient (Wildman–Crippen LogP) is 3.36. The Balaban J connectivity index is 3.21. The lowest BCUT2D eigenvalue weighted by molar-refractivity contribution is -0.138. The zero-order chi connectivity index (χ0) is 10.8. The minimum absolute atomic E-state index is 0.0116. The first-order valence-corrected chi connectivity index (χ1v) is 4.35. The summed E-state index contributed by atoms with van der Waals surface area (Å²) in [6.07, 6.45) is -3.58. The van der Waals surface area contributed by atoms with E-state index < -0.39 is 11.7 Å². The van der Waals surface area contributed by atoms with Crippen molar-refractivity contribution >= 4 is 0 Å². The number of phenols is 1. The van der Waals surface area contributed by atoms with E-state index in [-0.39, 0.29) is 17.7 Å². The van der Waals surface area contributed by atoms with Gasteiger partial charge in [-0.3, -0.25) is 0 Å². The molecule has 0 aliphatic carbocycles. The molecule has 0 bridgehead atoms. The molecule has 0 aliphatic rings. The zero-order valence-corrected chi connectivity index (χ0v) is 7.73. The van der Waals surface area contributed by atoms with E-state index in [1.165, 1.54) is 12.1 Å². The average molecular weight is 204 g/mol. The van der Waals surface area contributed by atoms with E-state index in [0.717, 1.165) is 6.07 Å². The summed E-state index contributed by atoms with van der Waals surface area (Å²) in [5.41, 5.74) is -0.748. The molecule has 0 radical (unpaired) electrons. The van der Waals surface area contributed by atoms with Crippen LogP contribution in [0.3, 0.4) is 0 Å². The van der Waals surface area contributed by atoms with Crippen LogP contribution in [0.1, 0.15) is 24.5 Å². The highest BCUT2D eigenvalue weighted by molar-refractivity contribution is 5.40. The molecule has 14 heavy (non-hydrogen) atoms. The van der Waals surface area contributed by atoms with Gasteiger partial charge < -0.3 is 5.11 Å². The fourth-order valence-corrected chi connectivity index (χ4v) is 1.35. The monoisotopic (exact) mass is 204 g/mol. The summed E-state index contributed by atoms with van der Waals surface area (Å²) in [6.45, 7) is 1.77. The van der Waals surface area contributed by atoms with Gasteiger partial charge in [-0.2, -0.15) is 13.2 Å². The minimum Gasteiger partial charge on any atom is -0.508 e. The Morgan fingerprint density at radius 1 is 1.29 bits per heavy atom. The fourth-order valence-electron chi connectivity index (χ4n) is 1.35. The van der Waals surface area contributed by atoms with E-state index in [1.54, 1.807) is 6.92 Å². The molecule has 0 spiro atoms. The van der Waals surface area contributed by atoms with Crippen LogP contribution >= 0.6 is 0 Å². The van der Waals surface area contributed by atoms with Crippen LogP contribution in [0.5, 0.6) is 5.75 Å². The number of benzene rings is 1. The third-order valence-electron chi connectivity index (χ3n) is 1.96. The smallest absolute Gasteiger partial charge is 0.416 e. The van der Waals surface area contributed by atoms with E-state index in [1.807, 2.05) is 0 Å². The highest BCUT2D eigenvalue weighted by Gasteiger charge is 2.33. The van der Waals surface area contributed by atoms with Gasteiger partial charge in [0.1, 0.15) is 5.75 Å². The minimum atomic E-state index is -4.39. The first kappa shape index (κ1) is 10.9. The molecule has 1 N–H and O–H groups in total. The molecule has 0 amide bonds. The Kier molecular flexibility index (Phi) is 3.03. The number of aromatic hydroxyl groups is 1. The van der Waals surface area contributed by atoms with Crippen molar-refractivity contribution in [3.8, 4) is 5.75 Å². The zero-order valence-electron chi connectivity index (χ0n) is 7.73. The molecule has 0 saturated carbocycles. The van der Waals surface area contributed by atoms with Crippen LogP contribution in [-0.4, -0.2) is 5.11 Å². The van der Waals surface area contributed by atoms with Gasteiger partial charge in [-0.15, -0.1) is 0 Å². The van der Waals surface area contributed by atoms with E-state index >= 15 is 0 Å². The number of alkyl halides is 3. The number of hydrogen-bond donors (Lipinski definition) is 1. The van der Waals surface area contributed by atoms with Gasteiger partial charge >= 0.3 is 6.18 Å². The van der Waals surface area contributed by atoms with Crippen LogP contribution in [0.15, 0.2) is 18.2 Å². The molecule has 1 aromatic carbocycles. The lowest BCUT2D eigenvalue weighted by atomic mass is 10.0. The third kappa shape index (κ3) is 2.19. The summed E-state index contributed by atoms with van der Waals surface area (Å²) in [6, 6.07) is 3.47. The second-order valence-corrected chi connectivity index (χ2v) is 3.05. The molecular formula is C10H11F3O. The van der Waals surface area contributed by atoms with E-state index in [2.05, 4.69) is 0 Å². The predicted molar refractivity (Wildman–Crippen MR) is 47.1 cm³/mol. The maximum absolute atomic E-state index is 12.4. The van der Waals surface area contributed by atoms with E-state index in [4.69, 9.17) is 0 Å². The molecule has 78 valence electrons. The Labute approximate surface area is 80.2 Å². The fraction of sp³-hybridized carbons (Fsp3) is 0.400. The number of halogens is 3. The van der Waals surface area contributed by atoms with Gasteiger partial charge in [-0.25, -0.2) is 0 Å². The maximum atomic E-state index is 12.4. The molecule has 0 aromatic heterocycles. The lowest BCUT2D eigenvalue weighted by Crippen LogP contribution is -2.09. The molecule has 0 aliphatic heterocycles. The van der Waals surface area contributed by atoms with Crippen LogP contribution in [0.25, 0.3) is 0 Å². The van der Waals surface area contributed by atoms with Gasteiger partial charge in [0.25, 0.3) is 0 Å². The van der Waals surface area contributed by atoms with Gasteiger partial charge in [-0.1, -0.05) is 19.4 Å².